The third kappa shape index (κ3) is 7.25. The van der Waals surface area contributed by atoms with Gasteiger partial charge in [-0.2, -0.15) is 0 Å². The number of hydrogen-bond donors (Lipinski definition) is 3. The van der Waals surface area contributed by atoms with Crippen molar-refractivity contribution < 1.29 is 19.5 Å². The molecule has 8 heteroatoms. The number of hydrogen-bond acceptors (Lipinski definition) is 4. The number of carbonyl (C=O) groups excluding carboxylic acids is 2. The van der Waals surface area contributed by atoms with Crippen LogP contribution in [0.3, 0.4) is 0 Å². The topological polar surface area (TPSA) is 98.7 Å². The van der Waals surface area contributed by atoms with Gasteiger partial charge in [-0.1, -0.05) is 15.9 Å². The van der Waals surface area contributed by atoms with Crippen molar-refractivity contribution in [2.45, 2.75) is 19.9 Å². The molecule has 3 N–H and O–H groups in total. The van der Waals surface area contributed by atoms with Crippen LogP contribution < -0.4 is 10.6 Å². The number of rotatable bonds is 8. The maximum Gasteiger partial charge on any atom is 0.320 e. The van der Waals surface area contributed by atoms with Crippen LogP contribution in [-0.2, 0) is 14.4 Å². The third-order valence-electron chi connectivity index (χ3n) is 3.15. The molecule has 0 aliphatic rings. The van der Waals surface area contributed by atoms with E-state index in [4.69, 9.17) is 5.11 Å². The van der Waals surface area contributed by atoms with Gasteiger partial charge in [0.15, 0.2) is 0 Å². The molecule has 1 rings (SSSR count). The molecular weight excluding hydrogens is 366 g/mol. The molecule has 1 aromatic carbocycles. The summed E-state index contributed by atoms with van der Waals surface area (Å²) < 4.78 is 0.895. The number of carbonyl (C=O) groups is 3. The first-order valence-corrected chi connectivity index (χ1v) is 7.85. The van der Waals surface area contributed by atoms with Gasteiger partial charge in [-0.25, -0.2) is 0 Å². The highest BCUT2D eigenvalue weighted by Crippen LogP contribution is 2.14. The molecule has 1 aromatic rings. The number of carboxylic acids is 1. The first kappa shape index (κ1) is 19.1. The Balaban J connectivity index is 2.63. The summed E-state index contributed by atoms with van der Waals surface area (Å²) in [6.07, 6.45) is 0. The molecule has 1 atom stereocenters. The molecule has 0 radical (unpaired) electrons. The summed E-state index contributed by atoms with van der Waals surface area (Å²) in [7, 11) is 0. The van der Waals surface area contributed by atoms with Crippen LogP contribution in [0.25, 0.3) is 0 Å². The van der Waals surface area contributed by atoms with E-state index in [9.17, 15) is 14.4 Å². The minimum absolute atomic E-state index is 0.0802. The Hall–Kier alpha value is -1.93. The Kier molecular flexibility index (Phi) is 7.70. The monoisotopic (exact) mass is 385 g/mol. The first-order chi connectivity index (χ1) is 10.8. The van der Waals surface area contributed by atoms with E-state index in [-0.39, 0.29) is 31.4 Å². The molecule has 0 bridgehead atoms. The van der Waals surface area contributed by atoms with Crippen LogP contribution in [0.2, 0.25) is 0 Å². The minimum Gasteiger partial charge on any atom is -0.480 e. The van der Waals surface area contributed by atoms with E-state index in [1.807, 2.05) is 0 Å². The van der Waals surface area contributed by atoms with Crippen molar-refractivity contribution in [3.05, 3.63) is 28.7 Å². The third-order valence-corrected chi connectivity index (χ3v) is 3.68. The lowest BCUT2D eigenvalue weighted by Gasteiger charge is -2.25. The molecule has 2 amide bonds. The number of amides is 2. The predicted octanol–water partition coefficient (Wildman–Crippen LogP) is 1.30. The van der Waals surface area contributed by atoms with Crippen LogP contribution >= 0.6 is 15.9 Å². The van der Waals surface area contributed by atoms with Gasteiger partial charge >= 0.3 is 5.97 Å². The number of carboxylic acid groups (broad SMARTS) is 1. The van der Waals surface area contributed by atoms with Gasteiger partial charge in [0, 0.05) is 30.2 Å². The molecule has 0 fully saturated rings. The second-order valence-electron chi connectivity index (χ2n) is 5.02. The minimum atomic E-state index is -1.02. The Labute approximate surface area is 143 Å². The SMILES string of the molecule is CC(=O)NCCN(CC(=O)Nc1ccc(Br)cc1)C(C)C(=O)O. The lowest BCUT2D eigenvalue weighted by atomic mass is 10.2. The van der Waals surface area contributed by atoms with E-state index in [1.165, 1.54) is 18.7 Å². The molecule has 1 unspecified atom stereocenters. The van der Waals surface area contributed by atoms with Gasteiger partial charge < -0.3 is 15.7 Å². The molecular formula is C15H20BrN3O4. The maximum absolute atomic E-state index is 12.1. The normalized spacial score (nSPS) is 11.8. The van der Waals surface area contributed by atoms with Crippen molar-refractivity contribution in [3.8, 4) is 0 Å². The molecule has 0 saturated heterocycles. The van der Waals surface area contributed by atoms with Gasteiger partial charge in [0.05, 0.1) is 6.54 Å². The van der Waals surface area contributed by atoms with Gasteiger partial charge in [-0.3, -0.25) is 19.3 Å². The summed E-state index contributed by atoms with van der Waals surface area (Å²) in [6, 6.07) is 6.24. The average Bonchev–Trinajstić information content (AvgIpc) is 2.47. The summed E-state index contributed by atoms with van der Waals surface area (Å²) in [5.41, 5.74) is 0.628. The fourth-order valence-electron chi connectivity index (χ4n) is 1.86. The number of benzene rings is 1. The Morgan fingerprint density at radius 3 is 2.39 bits per heavy atom. The van der Waals surface area contributed by atoms with Crippen LogP contribution in [0.5, 0.6) is 0 Å². The summed E-state index contributed by atoms with van der Waals surface area (Å²) in [5, 5.41) is 14.4. The molecule has 0 saturated carbocycles. The smallest absolute Gasteiger partial charge is 0.320 e. The summed E-state index contributed by atoms with van der Waals surface area (Å²) >= 11 is 3.31. The van der Waals surface area contributed by atoms with Gasteiger partial charge in [-0.05, 0) is 31.2 Å². The van der Waals surface area contributed by atoms with Crippen molar-refractivity contribution in [3.63, 3.8) is 0 Å². The number of anilines is 1. The molecule has 0 heterocycles. The molecule has 0 aliphatic heterocycles. The fourth-order valence-corrected chi connectivity index (χ4v) is 2.12. The van der Waals surface area contributed by atoms with Crippen LogP contribution in [0.1, 0.15) is 13.8 Å². The highest BCUT2D eigenvalue weighted by atomic mass is 79.9. The Bertz CT molecular complexity index is 562. The Morgan fingerprint density at radius 1 is 1.26 bits per heavy atom. The molecule has 0 aromatic heterocycles. The summed E-state index contributed by atoms with van der Waals surface area (Å²) in [6.45, 7) is 3.34. The van der Waals surface area contributed by atoms with Crippen molar-refractivity contribution in [2.75, 3.05) is 25.0 Å². The van der Waals surface area contributed by atoms with Gasteiger partial charge in [0.2, 0.25) is 11.8 Å². The highest BCUT2D eigenvalue weighted by molar-refractivity contribution is 9.10. The fraction of sp³-hybridized carbons (Fsp3) is 0.400. The number of halogens is 1. The van der Waals surface area contributed by atoms with Crippen LogP contribution in [0.4, 0.5) is 5.69 Å². The van der Waals surface area contributed by atoms with Crippen LogP contribution in [0, 0.1) is 0 Å². The molecule has 126 valence electrons. The van der Waals surface area contributed by atoms with Crippen LogP contribution in [-0.4, -0.2) is 53.5 Å². The first-order valence-electron chi connectivity index (χ1n) is 7.06. The molecule has 7 nitrogen and oxygen atoms in total. The largest absolute Gasteiger partial charge is 0.480 e. The zero-order valence-corrected chi connectivity index (χ0v) is 14.6. The summed E-state index contributed by atoms with van der Waals surface area (Å²) in [5.74, 6) is -1.54. The van der Waals surface area contributed by atoms with Crippen molar-refractivity contribution in [2.24, 2.45) is 0 Å². The van der Waals surface area contributed by atoms with E-state index in [2.05, 4.69) is 26.6 Å². The van der Waals surface area contributed by atoms with E-state index in [0.717, 1.165) is 4.47 Å². The van der Waals surface area contributed by atoms with Crippen molar-refractivity contribution in [1.29, 1.82) is 0 Å². The van der Waals surface area contributed by atoms with E-state index < -0.39 is 12.0 Å². The lowest BCUT2D eigenvalue weighted by molar-refractivity contribution is -0.142. The number of aliphatic carboxylic acids is 1. The maximum atomic E-state index is 12.1. The van der Waals surface area contributed by atoms with Gasteiger partial charge in [0.1, 0.15) is 6.04 Å². The highest BCUT2D eigenvalue weighted by Gasteiger charge is 2.22. The average molecular weight is 386 g/mol. The van der Waals surface area contributed by atoms with E-state index in [1.54, 1.807) is 24.3 Å². The van der Waals surface area contributed by atoms with Crippen LogP contribution in [0.15, 0.2) is 28.7 Å². The second kappa shape index (κ2) is 9.26. The zero-order chi connectivity index (χ0) is 17.4. The lowest BCUT2D eigenvalue weighted by Crippen LogP contribution is -2.46. The van der Waals surface area contributed by atoms with Crippen molar-refractivity contribution in [1.82, 2.24) is 10.2 Å². The van der Waals surface area contributed by atoms with Gasteiger partial charge in [0.25, 0.3) is 0 Å². The standard InChI is InChI=1S/C15H20BrN3O4/c1-10(15(22)23)19(8-7-17-11(2)20)9-14(21)18-13-5-3-12(16)4-6-13/h3-6,10H,7-9H2,1-2H3,(H,17,20)(H,18,21)(H,22,23). The summed E-state index contributed by atoms with van der Waals surface area (Å²) in [4.78, 5) is 35.6. The predicted molar refractivity (Wildman–Crippen MR) is 90.1 cm³/mol. The Morgan fingerprint density at radius 2 is 1.87 bits per heavy atom. The number of nitrogens with zero attached hydrogens (tertiary/aromatic N) is 1. The quantitative estimate of drug-likeness (QED) is 0.626. The molecule has 23 heavy (non-hydrogen) atoms. The number of nitrogens with one attached hydrogen (secondary N) is 2. The molecule has 0 spiro atoms. The second-order valence-corrected chi connectivity index (χ2v) is 5.94. The van der Waals surface area contributed by atoms with Gasteiger partial charge in [-0.15, -0.1) is 0 Å². The molecule has 0 aliphatic carbocycles. The van der Waals surface area contributed by atoms with E-state index >= 15 is 0 Å². The van der Waals surface area contributed by atoms with E-state index in [0.29, 0.717) is 5.69 Å². The van der Waals surface area contributed by atoms with Crippen molar-refractivity contribution >= 4 is 39.4 Å². The zero-order valence-electron chi connectivity index (χ0n) is 13.0.